The number of aliphatic hydroxyl groups is 1. The third-order valence-corrected chi connectivity index (χ3v) is 7.54. The number of anilines is 3. The molecule has 0 unspecified atom stereocenters. The molecule has 2 aromatic heterocycles. The van der Waals surface area contributed by atoms with Gasteiger partial charge in [-0.3, -0.25) is 19.6 Å². The smallest absolute Gasteiger partial charge is 0.274 e. The number of carbonyl (C=O) groups excluding carboxylic acids is 2. The number of rotatable bonds is 6. The van der Waals surface area contributed by atoms with E-state index in [0.717, 1.165) is 79.7 Å². The van der Waals surface area contributed by atoms with E-state index in [1.807, 2.05) is 30.3 Å². The predicted octanol–water partition coefficient (Wildman–Crippen LogP) is 3.83. The van der Waals surface area contributed by atoms with E-state index < -0.39 is 0 Å². The molecule has 1 saturated carbocycles. The SMILES string of the molecule is O=C(Nc1ccc(N2CCC(O)CC2)nc1)C1=NCCCc2ccc(-c3cncc(NC(=O)C4CC4)c3)cc21. The summed E-state index contributed by atoms with van der Waals surface area (Å²) < 4.78 is 0. The molecule has 9 heteroatoms. The van der Waals surface area contributed by atoms with E-state index in [-0.39, 0.29) is 23.8 Å². The molecule has 2 amide bonds. The number of hydrogen-bond donors (Lipinski definition) is 3. The third kappa shape index (κ3) is 5.83. The number of aromatic nitrogens is 2. The van der Waals surface area contributed by atoms with Crippen molar-refractivity contribution in [2.75, 3.05) is 35.2 Å². The molecule has 6 rings (SSSR count). The molecule has 1 saturated heterocycles. The zero-order valence-corrected chi connectivity index (χ0v) is 21.8. The van der Waals surface area contributed by atoms with Crippen molar-refractivity contribution in [3.63, 3.8) is 0 Å². The number of carbonyl (C=O) groups is 2. The number of hydrogen-bond acceptors (Lipinski definition) is 7. The van der Waals surface area contributed by atoms with E-state index >= 15 is 0 Å². The van der Waals surface area contributed by atoms with Gasteiger partial charge < -0.3 is 20.6 Å². The van der Waals surface area contributed by atoms with Gasteiger partial charge in [0.2, 0.25) is 5.91 Å². The number of aliphatic hydroxyl groups excluding tert-OH is 1. The van der Waals surface area contributed by atoms with Crippen LogP contribution in [0.25, 0.3) is 11.1 Å². The third-order valence-electron chi connectivity index (χ3n) is 7.54. The first-order valence-corrected chi connectivity index (χ1v) is 13.7. The van der Waals surface area contributed by atoms with Crippen LogP contribution in [0.4, 0.5) is 17.2 Å². The Balaban J connectivity index is 1.20. The van der Waals surface area contributed by atoms with Gasteiger partial charge in [-0.2, -0.15) is 0 Å². The van der Waals surface area contributed by atoms with Gasteiger partial charge in [-0.25, -0.2) is 4.98 Å². The predicted molar refractivity (Wildman–Crippen MR) is 151 cm³/mol. The Bertz CT molecular complexity index is 1410. The first kappa shape index (κ1) is 25.2. The summed E-state index contributed by atoms with van der Waals surface area (Å²) >= 11 is 0. The molecule has 200 valence electrons. The summed E-state index contributed by atoms with van der Waals surface area (Å²) in [7, 11) is 0. The van der Waals surface area contributed by atoms with Crippen molar-refractivity contribution in [2.45, 2.75) is 44.6 Å². The summed E-state index contributed by atoms with van der Waals surface area (Å²) in [6, 6.07) is 11.8. The average Bonchev–Trinajstić information content (AvgIpc) is 3.81. The Morgan fingerprint density at radius 3 is 2.51 bits per heavy atom. The van der Waals surface area contributed by atoms with Gasteiger partial charge in [-0.05, 0) is 73.9 Å². The zero-order chi connectivity index (χ0) is 26.8. The van der Waals surface area contributed by atoms with Crippen LogP contribution >= 0.6 is 0 Å². The van der Waals surface area contributed by atoms with E-state index in [9.17, 15) is 14.7 Å². The van der Waals surface area contributed by atoms with Gasteiger partial charge in [0.25, 0.3) is 5.91 Å². The Hall–Kier alpha value is -4.11. The summed E-state index contributed by atoms with van der Waals surface area (Å²) in [5.74, 6) is 0.725. The van der Waals surface area contributed by atoms with Gasteiger partial charge in [0.1, 0.15) is 11.5 Å². The first-order chi connectivity index (χ1) is 19.0. The van der Waals surface area contributed by atoms with Crippen molar-refractivity contribution in [3.05, 3.63) is 66.1 Å². The van der Waals surface area contributed by atoms with Gasteiger partial charge in [-0.1, -0.05) is 12.1 Å². The normalized spacial score (nSPS) is 17.6. The first-order valence-electron chi connectivity index (χ1n) is 13.7. The van der Waals surface area contributed by atoms with E-state index in [1.54, 1.807) is 18.6 Å². The number of fused-ring (bicyclic) bond motifs is 1. The van der Waals surface area contributed by atoms with Gasteiger partial charge in [0, 0.05) is 42.9 Å². The minimum absolute atomic E-state index is 0.0409. The van der Waals surface area contributed by atoms with Gasteiger partial charge in [0.05, 0.1) is 29.9 Å². The van der Waals surface area contributed by atoms with Gasteiger partial charge >= 0.3 is 0 Å². The lowest BCUT2D eigenvalue weighted by Gasteiger charge is -2.30. The maximum atomic E-state index is 13.4. The van der Waals surface area contributed by atoms with Crippen LogP contribution in [-0.4, -0.2) is 58.3 Å². The molecule has 2 aliphatic heterocycles. The van der Waals surface area contributed by atoms with Crippen LogP contribution in [0.3, 0.4) is 0 Å². The molecular formula is C30H32N6O3. The molecule has 9 nitrogen and oxygen atoms in total. The summed E-state index contributed by atoms with van der Waals surface area (Å²) in [5, 5.41) is 15.7. The molecule has 3 aliphatic rings. The lowest BCUT2D eigenvalue weighted by atomic mass is 9.95. The fourth-order valence-corrected chi connectivity index (χ4v) is 5.12. The second-order valence-corrected chi connectivity index (χ2v) is 10.5. The fourth-order valence-electron chi connectivity index (χ4n) is 5.12. The number of nitrogens with zero attached hydrogens (tertiary/aromatic N) is 4. The van der Waals surface area contributed by atoms with Crippen LogP contribution in [0.1, 0.15) is 43.2 Å². The minimum Gasteiger partial charge on any atom is -0.393 e. The average molecular weight is 525 g/mol. The maximum absolute atomic E-state index is 13.4. The second kappa shape index (κ2) is 10.9. The minimum atomic E-state index is -0.269. The molecule has 1 aromatic carbocycles. The lowest BCUT2D eigenvalue weighted by Crippen LogP contribution is -2.36. The number of piperidine rings is 1. The number of amides is 2. The monoisotopic (exact) mass is 524 g/mol. The maximum Gasteiger partial charge on any atom is 0.274 e. The van der Waals surface area contributed by atoms with Crippen molar-refractivity contribution in [2.24, 2.45) is 10.9 Å². The molecule has 0 spiro atoms. The highest BCUT2D eigenvalue weighted by atomic mass is 16.3. The highest BCUT2D eigenvalue weighted by Gasteiger charge is 2.29. The lowest BCUT2D eigenvalue weighted by molar-refractivity contribution is -0.117. The molecule has 3 aromatic rings. The van der Waals surface area contributed by atoms with E-state index in [4.69, 9.17) is 0 Å². The Morgan fingerprint density at radius 1 is 0.897 bits per heavy atom. The molecule has 0 radical (unpaired) electrons. The molecular weight excluding hydrogens is 492 g/mol. The van der Waals surface area contributed by atoms with Crippen LogP contribution in [0.15, 0.2) is 60.0 Å². The number of pyridine rings is 2. The van der Waals surface area contributed by atoms with Crippen LogP contribution < -0.4 is 15.5 Å². The number of aliphatic imine (C=N–C) groups is 1. The van der Waals surface area contributed by atoms with E-state index in [1.165, 1.54) is 0 Å². The Morgan fingerprint density at radius 2 is 1.74 bits per heavy atom. The van der Waals surface area contributed by atoms with Crippen LogP contribution in [0, 0.1) is 5.92 Å². The van der Waals surface area contributed by atoms with Crippen molar-refractivity contribution in [1.82, 2.24) is 9.97 Å². The molecule has 0 atom stereocenters. The summed E-state index contributed by atoms with van der Waals surface area (Å²) in [5.41, 5.74) is 5.34. The highest BCUT2D eigenvalue weighted by Crippen LogP contribution is 2.31. The van der Waals surface area contributed by atoms with Crippen LogP contribution in [-0.2, 0) is 16.0 Å². The summed E-state index contributed by atoms with van der Waals surface area (Å²) in [6.45, 7) is 2.11. The number of nitrogens with one attached hydrogen (secondary N) is 2. The van der Waals surface area contributed by atoms with Gasteiger partial charge in [0.15, 0.2) is 0 Å². The van der Waals surface area contributed by atoms with Crippen LogP contribution in [0.2, 0.25) is 0 Å². The largest absolute Gasteiger partial charge is 0.393 e. The van der Waals surface area contributed by atoms with Gasteiger partial charge in [-0.15, -0.1) is 0 Å². The Kier molecular flexibility index (Phi) is 7.06. The van der Waals surface area contributed by atoms with E-state index in [0.29, 0.717) is 23.6 Å². The van der Waals surface area contributed by atoms with E-state index in [2.05, 4.69) is 36.6 Å². The highest BCUT2D eigenvalue weighted by molar-refractivity contribution is 6.49. The quantitative estimate of drug-likeness (QED) is 0.451. The molecule has 4 heterocycles. The standard InChI is InChI=1S/C30H32N6O3/c37-25-9-12-36(13-10-25)27-8-7-23(18-33-27)34-30(39)28-26-15-21(6-3-19(26)2-1-11-32-28)22-14-24(17-31-16-22)35-29(38)20-4-5-20/h3,6-8,14-18,20,25,37H,1-2,4-5,9-13H2,(H,34,39)(H,35,38). The molecule has 39 heavy (non-hydrogen) atoms. The zero-order valence-electron chi connectivity index (χ0n) is 21.8. The van der Waals surface area contributed by atoms with Crippen molar-refractivity contribution < 1.29 is 14.7 Å². The number of aryl methyl sites for hydroxylation is 1. The second-order valence-electron chi connectivity index (χ2n) is 10.5. The topological polar surface area (TPSA) is 120 Å². The molecule has 3 N–H and O–H groups in total. The summed E-state index contributed by atoms with van der Waals surface area (Å²) in [6.07, 6.45) is 9.90. The van der Waals surface area contributed by atoms with Crippen molar-refractivity contribution >= 4 is 34.7 Å². The Labute approximate surface area is 227 Å². The molecule has 0 bridgehead atoms. The van der Waals surface area contributed by atoms with Crippen molar-refractivity contribution in [3.8, 4) is 11.1 Å². The summed E-state index contributed by atoms with van der Waals surface area (Å²) in [4.78, 5) is 41.3. The van der Waals surface area contributed by atoms with Crippen LogP contribution in [0.5, 0.6) is 0 Å². The fraction of sp³-hybridized carbons (Fsp3) is 0.367. The molecule has 2 fully saturated rings. The molecule has 1 aliphatic carbocycles. The van der Waals surface area contributed by atoms with Crippen molar-refractivity contribution in [1.29, 1.82) is 0 Å². The number of benzene rings is 1.